The van der Waals surface area contributed by atoms with Gasteiger partial charge >= 0.3 is 0 Å². The lowest BCUT2D eigenvalue weighted by molar-refractivity contribution is -0.126. The van der Waals surface area contributed by atoms with Crippen molar-refractivity contribution in [3.05, 3.63) is 59.1 Å². The molecule has 2 aromatic rings. The highest BCUT2D eigenvalue weighted by atomic mass is 35.5. The molecule has 6 heteroatoms. The molecule has 0 radical (unpaired) electrons. The van der Waals surface area contributed by atoms with Crippen molar-refractivity contribution < 1.29 is 14.3 Å². The van der Waals surface area contributed by atoms with Crippen molar-refractivity contribution in [2.24, 2.45) is 5.92 Å². The minimum absolute atomic E-state index is 0.0659. The first-order chi connectivity index (χ1) is 12.6. The van der Waals surface area contributed by atoms with Crippen LogP contribution in [0.3, 0.4) is 0 Å². The predicted octanol–water partition coefficient (Wildman–Crippen LogP) is 3.41. The Hall–Kier alpha value is -2.53. The van der Waals surface area contributed by atoms with E-state index in [1.54, 1.807) is 17.0 Å². The monoisotopic (exact) mass is 372 g/mol. The number of hydrogen-bond donors (Lipinski definition) is 1. The Morgan fingerprint density at radius 2 is 1.96 bits per heavy atom. The molecule has 2 aromatic carbocycles. The SMILES string of the molecule is CCOc1ccccc1N1C[C@H](C(=O)NCc2ccc(Cl)cc2)CC1=O. The number of nitrogens with zero attached hydrogens (tertiary/aromatic N) is 1. The van der Waals surface area contributed by atoms with Crippen molar-refractivity contribution in [3.8, 4) is 5.75 Å². The lowest BCUT2D eigenvalue weighted by Gasteiger charge is -2.20. The van der Waals surface area contributed by atoms with E-state index in [1.165, 1.54) is 0 Å². The van der Waals surface area contributed by atoms with E-state index in [-0.39, 0.29) is 24.2 Å². The smallest absolute Gasteiger partial charge is 0.227 e. The van der Waals surface area contributed by atoms with E-state index < -0.39 is 0 Å². The maximum Gasteiger partial charge on any atom is 0.227 e. The molecule has 1 N–H and O–H groups in total. The molecule has 1 aliphatic rings. The number of benzene rings is 2. The number of halogens is 1. The number of ether oxygens (including phenoxy) is 1. The Balaban J connectivity index is 1.64. The topological polar surface area (TPSA) is 58.6 Å². The third-order valence-corrected chi connectivity index (χ3v) is 4.58. The van der Waals surface area contributed by atoms with Gasteiger partial charge in [0.05, 0.1) is 18.2 Å². The average Bonchev–Trinajstić information content (AvgIpc) is 3.03. The minimum atomic E-state index is -0.371. The summed E-state index contributed by atoms with van der Waals surface area (Å²) in [6.07, 6.45) is 0.201. The fraction of sp³-hybridized carbons (Fsp3) is 0.300. The summed E-state index contributed by atoms with van der Waals surface area (Å²) in [4.78, 5) is 26.5. The van der Waals surface area contributed by atoms with Crippen molar-refractivity contribution in [2.75, 3.05) is 18.1 Å². The van der Waals surface area contributed by atoms with Crippen molar-refractivity contribution in [1.29, 1.82) is 0 Å². The summed E-state index contributed by atoms with van der Waals surface area (Å²) in [7, 11) is 0. The van der Waals surface area contributed by atoms with Crippen LogP contribution < -0.4 is 15.0 Å². The zero-order valence-electron chi connectivity index (χ0n) is 14.6. The van der Waals surface area contributed by atoms with Crippen molar-refractivity contribution >= 4 is 29.1 Å². The summed E-state index contributed by atoms with van der Waals surface area (Å²) in [6.45, 7) is 3.19. The Bertz CT molecular complexity index is 792. The number of para-hydroxylation sites is 2. The van der Waals surface area contributed by atoms with E-state index >= 15 is 0 Å². The number of nitrogens with one attached hydrogen (secondary N) is 1. The van der Waals surface area contributed by atoms with Crippen LogP contribution >= 0.6 is 11.6 Å². The molecule has 0 spiro atoms. The van der Waals surface area contributed by atoms with Gasteiger partial charge in [-0.1, -0.05) is 35.9 Å². The molecule has 1 atom stereocenters. The van der Waals surface area contributed by atoms with Crippen LogP contribution in [0.25, 0.3) is 0 Å². The van der Waals surface area contributed by atoms with Crippen LogP contribution in [0.5, 0.6) is 5.75 Å². The Kier molecular flexibility index (Phi) is 5.78. The molecular formula is C20H21ClN2O3. The second-order valence-electron chi connectivity index (χ2n) is 6.15. The molecule has 1 aliphatic heterocycles. The van der Waals surface area contributed by atoms with Gasteiger partial charge in [0.2, 0.25) is 11.8 Å². The number of rotatable bonds is 6. The Morgan fingerprint density at radius 3 is 2.69 bits per heavy atom. The number of hydrogen-bond acceptors (Lipinski definition) is 3. The highest BCUT2D eigenvalue weighted by molar-refractivity contribution is 6.30. The number of carbonyl (C=O) groups excluding carboxylic acids is 2. The van der Waals surface area contributed by atoms with Gasteiger partial charge in [-0.3, -0.25) is 9.59 Å². The third kappa shape index (κ3) is 4.17. The molecule has 0 saturated carbocycles. The van der Waals surface area contributed by atoms with E-state index in [1.807, 2.05) is 43.3 Å². The van der Waals surface area contributed by atoms with E-state index in [9.17, 15) is 9.59 Å². The molecule has 0 unspecified atom stereocenters. The molecule has 1 saturated heterocycles. The standard InChI is InChI=1S/C20H21ClN2O3/c1-2-26-18-6-4-3-5-17(18)23-13-15(11-19(23)24)20(25)22-12-14-7-9-16(21)10-8-14/h3-10,15H,2,11-13H2,1H3,(H,22,25)/t15-/m1/s1. The molecular weight excluding hydrogens is 352 g/mol. The summed E-state index contributed by atoms with van der Waals surface area (Å²) >= 11 is 5.86. The molecule has 0 aliphatic carbocycles. The first-order valence-electron chi connectivity index (χ1n) is 8.63. The highest BCUT2D eigenvalue weighted by Gasteiger charge is 2.36. The average molecular weight is 373 g/mol. The van der Waals surface area contributed by atoms with Gasteiger partial charge in [-0.2, -0.15) is 0 Å². The van der Waals surface area contributed by atoms with Crippen LogP contribution in [0.2, 0.25) is 5.02 Å². The van der Waals surface area contributed by atoms with Crippen LogP contribution in [0.15, 0.2) is 48.5 Å². The Labute approximate surface area is 157 Å². The van der Waals surface area contributed by atoms with E-state index in [2.05, 4.69) is 5.32 Å². The maximum absolute atomic E-state index is 12.5. The van der Waals surface area contributed by atoms with Gasteiger partial charge in [-0.15, -0.1) is 0 Å². The van der Waals surface area contributed by atoms with E-state index in [4.69, 9.17) is 16.3 Å². The van der Waals surface area contributed by atoms with Crippen molar-refractivity contribution in [1.82, 2.24) is 5.32 Å². The molecule has 0 aromatic heterocycles. The third-order valence-electron chi connectivity index (χ3n) is 4.33. The quantitative estimate of drug-likeness (QED) is 0.845. The highest BCUT2D eigenvalue weighted by Crippen LogP contribution is 2.33. The first kappa shape index (κ1) is 18.3. The summed E-state index contributed by atoms with van der Waals surface area (Å²) in [5, 5.41) is 3.56. The van der Waals surface area contributed by atoms with Crippen molar-refractivity contribution in [2.45, 2.75) is 19.9 Å². The summed E-state index contributed by atoms with van der Waals surface area (Å²) < 4.78 is 5.60. The van der Waals surface area contributed by atoms with Crippen LogP contribution in [0.4, 0.5) is 5.69 Å². The first-order valence-corrected chi connectivity index (χ1v) is 9.00. The molecule has 3 rings (SSSR count). The van der Waals surface area contributed by atoms with Crippen molar-refractivity contribution in [3.63, 3.8) is 0 Å². The summed E-state index contributed by atoms with van der Waals surface area (Å²) in [5.74, 6) is 0.101. The van der Waals surface area contributed by atoms with Gasteiger partial charge in [0, 0.05) is 24.5 Å². The molecule has 2 amide bonds. The second kappa shape index (κ2) is 8.23. The van der Waals surface area contributed by atoms with Crippen LogP contribution in [0, 0.1) is 5.92 Å². The molecule has 1 heterocycles. The van der Waals surface area contributed by atoms with Gasteiger partial charge in [0.25, 0.3) is 0 Å². The number of amides is 2. The van der Waals surface area contributed by atoms with Crippen LogP contribution in [-0.4, -0.2) is 25.0 Å². The van der Waals surface area contributed by atoms with E-state index in [0.717, 1.165) is 5.56 Å². The van der Waals surface area contributed by atoms with Crippen LogP contribution in [-0.2, 0) is 16.1 Å². The molecule has 0 bridgehead atoms. The minimum Gasteiger partial charge on any atom is -0.492 e. The van der Waals surface area contributed by atoms with Gasteiger partial charge in [0.15, 0.2) is 0 Å². The molecule has 26 heavy (non-hydrogen) atoms. The summed E-state index contributed by atoms with van der Waals surface area (Å²) in [5.41, 5.74) is 1.68. The maximum atomic E-state index is 12.5. The zero-order chi connectivity index (χ0) is 18.5. The van der Waals surface area contributed by atoms with Gasteiger partial charge < -0.3 is 15.0 Å². The Morgan fingerprint density at radius 1 is 1.23 bits per heavy atom. The normalized spacial score (nSPS) is 16.6. The number of anilines is 1. The lowest BCUT2D eigenvalue weighted by atomic mass is 10.1. The predicted molar refractivity (Wildman–Crippen MR) is 101 cm³/mol. The number of carbonyl (C=O) groups is 2. The van der Waals surface area contributed by atoms with E-state index in [0.29, 0.717) is 36.2 Å². The molecule has 5 nitrogen and oxygen atoms in total. The van der Waals surface area contributed by atoms with Gasteiger partial charge in [-0.05, 0) is 36.8 Å². The zero-order valence-corrected chi connectivity index (χ0v) is 15.3. The lowest BCUT2D eigenvalue weighted by Crippen LogP contribution is -2.32. The second-order valence-corrected chi connectivity index (χ2v) is 6.59. The fourth-order valence-electron chi connectivity index (χ4n) is 3.01. The summed E-state index contributed by atoms with van der Waals surface area (Å²) in [6, 6.07) is 14.7. The van der Waals surface area contributed by atoms with Gasteiger partial charge in [-0.25, -0.2) is 0 Å². The van der Waals surface area contributed by atoms with Crippen LogP contribution in [0.1, 0.15) is 18.9 Å². The molecule has 1 fully saturated rings. The van der Waals surface area contributed by atoms with Gasteiger partial charge in [0.1, 0.15) is 5.75 Å². The fourth-order valence-corrected chi connectivity index (χ4v) is 3.14. The molecule has 136 valence electrons. The largest absolute Gasteiger partial charge is 0.492 e.